The average molecular weight is 470 g/mol. The van der Waals surface area contributed by atoms with Crippen molar-refractivity contribution >= 4 is 34.5 Å². The second kappa shape index (κ2) is 9.25. The number of fused-ring (bicyclic) bond motifs is 1. The minimum Gasteiger partial charge on any atom is -0.352 e. The second-order valence-electron chi connectivity index (χ2n) is 7.67. The van der Waals surface area contributed by atoms with Gasteiger partial charge in [0.25, 0.3) is 5.91 Å². The summed E-state index contributed by atoms with van der Waals surface area (Å²) in [5, 5.41) is 6.87. The summed E-state index contributed by atoms with van der Waals surface area (Å²) in [6.45, 7) is 0.357. The summed E-state index contributed by atoms with van der Waals surface area (Å²) in [5.74, 6) is -0.177. The molecule has 8 heteroatoms. The van der Waals surface area contributed by atoms with E-state index in [0.29, 0.717) is 17.1 Å². The van der Waals surface area contributed by atoms with Crippen molar-refractivity contribution in [3.63, 3.8) is 0 Å². The molecule has 3 aromatic heterocycles. The number of benzene rings is 2. The number of aromatic amines is 1. The number of carbonyl (C=O) groups excluding carboxylic acids is 1. The molecule has 2 aromatic carbocycles. The van der Waals surface area contributed by atoms with Gasteiger partial charge in [0.05, 0.1) is 11.4 Å². The van der Waals surface area contributed by atoms with E-state index in [1.807, 2.05) is 59.1 Å². The number of rotatable bonds is 6. The van der Waals surface area contributed by atoms with Gasteiger partial charge in [-0.15, -0.1) is 0 Å². The molecule has 0 unspecified atom stereocenters. The Labute approximate surface area is 200 Å². The molecule has 0 atom stereocenters. The zero-order valence-corrected chi connectivity index (χ0v) is 18.7. The van der Waals surface area contributed by atoms with Gasteiger partial charge in [0.15, 0.2) is 5.65 Å². The van der Waals surface area contributed by atoms with Crippen LogP contribution in [0.5, 0.6) is 0 Å². The summed E-state index contributed by atoms with van der Waals surface area (Å²) in [4.78, 5) is 31.3. The third-order valence-electron chi connectivity index (χ3n) is 5.44. The van der Waals surface area contributed by atoms with Gasteiger partial charge in [-0.25, -0.2) is 4.98 Å². The van der Waals surface area contributed by atoms with Crippen LogP contribution in [0.1, 0.15) is 15.9 Å². The maximum absolute atomic E-state index is 12.5. The van der Waals surface area contributed by atoms with Crippen molar-refractivity contribution in [1.29, 1.82) is 0 Å². The molecule has 0 fully saturated rings. The summed E-state index contributed by atoms with van der Waals surface area (Å²) < 4.78 is 1.92. The summed E-state index contributed by atoms with van der Waals surface area (Å²) in [6.07, 6.45) is 5.19. The molecular formula is C26H20ClN5O2. The molecule has 3 N–H and O–H groups in total. The highest BCUT2D eigenvalue weighted by Gasteiger charge is 2.11. The number of hydrogen-bond acceptors (Lipinski definition) is 4. The van der Waals surface area contributed by atoms with Gasteiger partial charge in [0, 0.05) is 53.0 Å². The smallest absolute Gasteiger partial charge is 0.251 e. The molecule has 0 aliphatic heterocycles. The zero-order valence-electron chi connectivity index (χ0n) is 18.0. The third-order valence-corrected chi connectivity index (χ3v) is 5.81. The Bertz CT molecular complexity index is 1540. The molecule has 0 saturated heterocycles. The molecule has 0 bridgehead atoms. The molecule has 0 aliphatic carbocycles. The van der Waals surface area contributed by atoms with E-state index < -0.39 is 0 Å². The van der Waals surface area contributed by atoms with E-state index in [9.17, 15) is 9.59 Å². The highest BCUT2D eigenvalue weighted by Crippen LogP contribution is 2.27. The SMILES string of the molecule is O=C(NCc1ccccc1Cl)c1ccc(Nc2ccc(-c3cc[nH]c(=O)c3)n3ccnc23)cc1. The lowest BCUT2D eigenvalue weighted by molar-refractivity contribution is 0.0951. The molecule has 0 radical (unpaired) electrons. The fourth-order valence-electron chi connectivity index (χ4n) is 3.73. The second-order valence-corrected chi connectivity index (χ2v) is 8.08. The molecular weight excluding hydrogens is 450 g/mol. The van der Waals surface area contributed by atoms with Crippen LogP contribution in [-0.2, 0) is 6.54 Å². The Morgan fingerprint density at radius 3 is 2.65 bits per heavy atom. The molecule has 1 amide bonds. The van der Waals surface area contributed by atoms with Crippen LogP contribution in [0.3, 0.4) is 0 Å². The molecule has 5 aromatic rings. The van der Waals surface area contributed by atoms with E-state index >= 15 is 0 Å². The first-order chi connectivity index (χ1) is 16.6. The van der Waals surface area contributed by atoms with Crippen molar-refractivity contribution in [3.05, 3.63) is 118 Å². The largest absolute Gasteiger partial charge is 0.352 e. The van der Waals surface area contributed by atoms with Crippen molar-refractivity contribution < 1.29 is 4.79 Å². The Morgan fingerprint density at radius 2 is 1.85 bits per heavy atom. The Kier molecular flexibility index (Phi) is 5.84. The zero-order chi connectivity index (χ0) is 23.5. The number of pyridine rings is 2. The third kappa shape index (κ3) is 4.42. The summed E-state index contributed by atoms with van der Waals surface area (Å²) in [7, 11) is 0. The van der Waals surface area contributed by atoms with Gasteiger partial charge in [-0.3, -0.25) is 14.0 Å². The topological polar surface area (TPSA) is 91.3 Å². The van der Waals surface area contributed by atoms with Crippen LogP contribution < -0.4 is 16.2 Å². The van der Waals surface area contributed by atoms with Crippen molar-refractivity contribution in [2.45, 2.75) is 6.54 Å². The lowest BCUT2D eigenvalue weighted by Gasteiger charge is -2.12. The predicted molar refractivity (Wildman–Crippen MR) is 134 cm³/mol. The van der Waals surface area contributed by atoms with Crippen molar-refractivity contribution in [1.82, 2.24) is 19.7 Å². The molecule has 3 heterocycles. The average Bonchev–Trinajstić information content (AvgIpc) is 3.34. The number of aromatic nitrogens is 3. The van der Waals surface area contributed by atoms with Crippen LogP contribution in [0.25, 0.3) is 16.9 Å². The van der Waals surface area contributed by atoms with E-state index in [0.717, 1.165) is 33.8 Å². The Morgan fingerprint density at radius 1 is 1.03 bits per heavy atom. The first-order valence-electron chi connectivity index (χ1n) is 10.6. The van der Waals surface area contributed by atoms with Crippen molar-refractivity contribution in [3.8, 4) is 11.3 Å². The number of halogens is 1. The van der Waals surface area contributed by atoms with E-state index in [2.05, 4.69) is 20.6 Å². The van der Waals surface area contributed by atoms with E-state index in [1.54, 1.807) is 36.7 Å². The number of nitrogens with zero attached hydrogens (tertiary/aromatic N) is 2. The number of nitrogens with one attached hydrogen (secondary N) is 3. The van der Waals surface area contributed by atoms with Crippen molar-refractivity contribution in [2.75, 3.05) is 5.32 Å². The molecule has 5 rings (SSSR count). The molecule has 0 spiro atoms. The van der Waals surface area contributed by atoms with Gasteiger partial charge in [-0.2, -0.15) is 0 Å². The van der Waals surface area contributed by atoms with Gasteiger partial charge in [0.2, 0.25) is 5.56 Å². The van der Waals surface area contributed by atoms with Gasteiger partial charge >= 0.3 is 0 Å². The summed E-state index contributed by atoms with van der Waals surface area (Å²) in [6, 6.07) is 21.9. The minimum atomic E-state index is -0.177. The summed E-state index contributed by atoms with van der Waals surface area (Å²) in [5.41, 5.74) is 5.24. The molecule has 0 aliphatic rings. The standard InChI is InChI=1S/C26H20ClN5O2/c27-21-4-2-1-3-19(21)16-30-26(34)17-5-7-20(8-6-17)31-22-9-10-23(32-14-13-29-25(22)32)18-11-12-28-24(33)15-18/h1-15,31H,16H2,(H,28,33)(H,30,34). The van der Waals surface area contributed by atoms with Gasteiger partial charge < -0.3 is 15.6 Å². The normalized spacial score (nSPS) is 10.9. The molecule has 7 nitrogen and oxygen atoms in total. The van der Waals surface area contributed by atoms with Crippen LogP contribution in [0.15, 0.2) is 96.2 Å². The van der Waals surface area contributed by atoms with Crippen LogP contribution in [0.4, 0.5) is 11.4 Å². The van der Waals surface area contributed by atoms with Crippen LogP contribution in [0.2, 0.25) is 5.02 Å². The van der Waals surface area contributed by atoms with E-state index in [-0.39, 0.29) is 11.5 Å². The number of carbonyl (C=O) groups is 1. The molecule has 168 valence electrons. The highest BCUT2D eigenvalue weighted by atomic mass is 35.5. The molecule has 34 heavy (non-hydrogen) atoms. The highest BCUT2D eigenvalue weighted by molar-refractivity contribution is 6.31. The number of anilines is 2. The van der Waals surface area contributed by atoms with E-state index in [4.69, 9.17) is 11.6 Å². The lowest BCUT2D eigenvalue weighted by Crippen LogP contribution is -2.22. The number of hydrogen-bond donors (Lipinski definition) is 3. The number of imidazole rings is 1. The van der Waals surface area contributed by atoms with Crippen LogP contribution in [0, 0.1) is 0 Å². The van der Waals surface area contributed by atoms with E-state index in [1.165, 1.54) is 0 Å². The first kappa shape index (κ1) is 21.5. The lowest BCUT2D eigenvalue weighted by atomic mass is 10.1. The van der Waals surface area contributed by atoms with Crippen molar-refractivity contribution in [2.24, 2.45) is 0 Å². The van der Waals surface area contributed by atoms with Gasteiger partial charge in [-0.1, -0.05) is 29.8 Å². The number of H-pyrrole nitrogens is 1. The van der Waals surface area contributed by atoms with Crippen LogP contribution >= 0.6 is 11.6 Å². The first-order valence-corrected chi connectivity index (χ1v) is 11.0. The van der Waals surface area contributed by atoms with Gasteiger partial charge in [0.1, 0.15) is 0 Å². The maximum Gasteiger partial charge on any atom is 0.251 e. The van der Waals surface area contributed by atoms with Crippen LogP contribution in [-0.4, -0.2) is 20.3 Å². The Hall–Kier alpha value is -4.36. The maximum atomic E-state index is 12.5. The predicted octanol–water partition coefficient (Wildman–Crippen LogP) is 5.02. The minimum absolute atomic E-state index is 0.163. The summed E-state index contributed by atoms with van der Waals surface area (Å²) >= 11 is 6.15. The fourth-order valence-corrected chi connectivity index (χ4v) is 3.93. The number of amides is 1. The quantitative estimate of drug-likeness (QED) is 0.326. The molecule has 0 saturated carbocycles. The Balaban J connectivity index is 1.32. The monoisotopic (exact) mass is 469 g/mol. The van der Waals surface area contributed by atoms with Gasteiger partial charge in [-0.05, 0) is 54.1 Å². The fraction of sp³-hybridized carbons (Fsp3) is 0.0385.